The zero-order chi connectivity index (χ0) is 25.2. The number of nitrogens with zero attached hydrogens (tertiary/aromatic N) is 3. The molecule has 1 aromatic heterocycles. The lowest BCUT2D eigenvalue weighted by Crippen LogP contribution is -2.48. The maximum absolute atomic E-state index is 14.2. The Balaban J connectivity index is 1.37. The van der Waals surface area contributed by atoms with Gasteiger partial charge in [-0.3, -0.25) is 9.69 Å². The SMILES string of the molecule is O=C1c2c(n(CCCN3CCCCC3)c3ccccc23)[C@H](Oc2ccc(Cl)cc2)CC1N1CCCCC1. The molecule has 37 heavy (non-hydrogen) atoms. The highest BCUT2D eigenvalue weighted by Crippen LogP contribution is 2.42. The normalized spacial score (nSPS) is 23.3. The van der Waals surface area contributed by atoms with Crippen LogP contribution in [0.2, 0.25) is 5.02 Å². The number of hydrogen-bond donors (Lipinski definition) is 0. The number of ether oxygens (including phenoxy) is 1. The van der Waals surface area contributed by atoms with E-state index in [1.54, 1.807) is 0 Å². The van der Waals surface area contributed by atoms with Crippen molar-refractivity contribution in [2.75, 3.05) is 32.7 Å². The average molecular weight is 520 g/mol. The number of rotatable bonds is 7. The summed E-state index contributed by atoms with van der Waals surface area (Å²) in [6.07, 6.45) is 9.15. The van der Waals surface area contributed by atoms with Crippen molar-refractivity contribution >= 4 is 28.3 Å². The first-order chi connectivity index (χ1) is 18.2. The number of carbonyl (C=O) groups is 1. The van der Waals surface area contributed by atoms with Crippen molar-refractivity contribution in [2.24, 2.45) is 0 Å². The maximum Gasteiger partial charge on any atom is 0.182 e. The average Bonchev–Trinajstić information content (AvgIpc) is 3.27. The topological polar surface area (TPSA) is 37.7 Å². The van der Waals surface area contributed by atoms with Crippen molar-refractivity contribution in [3.63, 3.8) is 0 Å². The van der Waals surface area contributed by atoms with Crippen LogP contribution in [0.25, 0.3) is 10.9 Å². The quantitative estimate of drug-likeness (QED) is 0.347. The minimum atomic E-state index is -0.178. The molecule has 6 rings (SSSR count). The predicted molar refractivity (Wildman–Crippen MR) is 150 cm³/mol. The van der Waals surface area contributed by atoms with Gasteiger partial charge >= 0.3 is 0 Å². The predicted octanol–water partition coefficient (Wildman–Crippen LogP) is 6.73. The van der Waals surface area contributed by atoms with Crippen LogP contribution in [0.15, 0.2) is 48.5 Å². The van der Waals surface area contributed by atoms with E-state index in [0.717, 1.165) is 73.4 Å². The third kappa shape index (κ3) is 5.19. The Morgan fingerprint density at radius 3 is 2.30 bits per heavy atom. The van der Waals surface area contributed by atoms with Gasteiger partial charge < -0.3 is 14.2 Å². The lowest BCUT2D eigenvalue weighted by molar-refractivity contribution is 0.0589. The number of likely N-dealkylation sites (tertiary alicyclic amines) is 2. The van der Waals surface area contributed by atoms with E-state index >= 15 is 0 Å². The van der Waals surface area contributed by atoms with E-state index in [0.29, 0.717) is 11.4 Å². The number of halogens is 1. The number of aromatic nitrogens is 1. The molecule has 2 aromatic carbocycles. The largest absolute Gasteiger partial charge is 0.484 e. The molecular weight excluding hydrogens is 482 g/mol. The molecule has 196 valence electrons. The minimum absolute atomic E-state index is 0.127. The van der Waals surface area contributed by atoms with Gasteiger partial charge in [-0.15, -0.1) is 0 Å². The second-order valence-corrected chi connectivity index (χ2v) is 11.4. The Bertz CT molecular complexity index is 1230. The molecule has 2 aliphatic heterocycles. The van der Waals surface area contributed by atoms with Gasteiger partial charge in [-0.05, 0) is 95.2 Å². The fourth-order valence-corrected chi connectivity index (χ4v) is 6.83. The first-order valence-electron chi connectivity index (χ1n) is 14.2. The van der Waals surface area contributed by atoms with E-state index in [1.807, 2.05) is 24.3 Å². The molecule has 1 aliphatic carbocycles. The van der Waals surface area contributed by atoms with Crippen LogP contribution in [-0.2, 0) is 6.54 Å². The zero-order valence-corrected chi connectivity index (χ0v) is 22.5. The van der Waals surface area contributed by atoms with Crippen molar-refractivity contribution in [2.45, 2.75) is 70.1 Å². The van der Waals surface area contributed by atoms with Crippen molar-refractivity contribution in [3.05, 3.63) is 64.8 Å². The lowest BCUT2D eigenvalue weighted by atomic mass is 9.86. The number of ketones is 1. The third-order valence-electron chi connectivity index (χ3n) is 8.53. The molecule has 6 heteroatoms. The summed E-state index contributed by atoms with van der Waals surface area (Å²) >= 11 is 6.16. The smallest absolute Gasteiger partial charge is 0.182 e. The molecule has 1 unspecified atom stereocenters. The van der Waals surface area contributed by atoms with Crippen molar-refractivity contribution in [1.29, 1.82) is 0 Å². The highest BCUT2D eigenvalue weighted by molar-refractivity contribution is 6.30. The van der Waals surface area contributed by atoms with Crippen LogP contribution in [0, 0.1) is 0 Å². The Morgan fingerprint density at radius 1 is 0.838 bits per heavy atom. The molecule has 2 fully saturated rings. The highest BCUT2D eigenvalue weighted by atomic mass is 35.5. The molecule has 0 amide bonds. The van der Waals surface area contributed by atoms with E-state index in [4.69, 9.17) is 16.3 Å². The first-order valence-corrected chi connectivity index (χ1v) is 14.6. The van der Waals surface area contributed by atoms with E-state index in [9.17, 15) is 4.79 Å². The highest BCUT2D eigenvalue weighted by Gasteiger charge is 2.42. The number of carbonyl (C=O) groups excluding carboxylic acids is 1. The molecule has 3 heterocycles. The van der Waals surface area contributed by atoms with Crippen LogP contribution < -0.4 is 4.74 Å². The second-order valence-electron chi connectivity index (χ2n) is 11.0. The summed E-state index contributed by atoms with van der Waals surface area (Å²) in [5.74, 6) is 1.08. The van der Waals surface area contributed by atoms with Gasteiger partial charge in [0.1, 0.15) is 11.9 Å². The van der Waals surface area contributed by atoms with E-state index in [-0.39, 0.29) is 17.9 Å². The number of aryl methyl sites for hydroxylation is 1. The van der Waals surface area contributed by atoms with Gasteiger partial charge in [0.05, 0.1) is 17.3 Å². The van der Waals surface area contributed by atoms with E-state index in [1.165, 1.54) is 38.8 Å². The van der Waals surface area contributed by atoms with E-state index < -0.39 is 0 Å². The van der Waals surface area contributed by atoms with E-state index in [2.05, 4.69) is 38.6 Å². The molecule has 2 atom stereocenters. The third-order valence-corrected chi connectivity index (χ3v) is 8.78. The number of para-hydroxylation sites is 1. The molecule has 0 saturated carbocycles. The van der Waals surface area contributed by atoms with Crippen molar-refractivity contribution in [1.82, 2.24) is 14.4 Å². The van der Waals surface area contributed by atoms with Crippen LogP contribution >= 0.6 is 11.6 Å². The number of benzene rings is 2. The molecule has 3 aromatic rings. The Labute approximate surface area is 225 Å². The molecule has 3 aliphatic rings. The number of fused-ring (bicyclic) bond motifs is 3. The van der Waals surface area contributed by atoms with Crippen LogP contribution in [-0.4, -0.2) is 58.9 Å². The Kier molecular flexibility index (Phi) is 7.55. The maximum atomic E-state index is 14.2. The fourth-order valence-electron chi connectivity index (χ4n) is 6.71. The van der Waals surface area contributed by atoms with Gasteiger partial charge in [-0.1, -0.05) is 42.6 Å². The summed E-state index contributed by atoms with van der Waals surface area (Å²) in [6, 6.07) is 16.0. The molecule has 0 bridgehead atoms. The van der Waals surface area contributed by atoms with Crippen LogP contribution in [0.3, 0.4) is 0 Å². The number of piperidine rings is 2. The minimum Gasteiger partial charge on any atom is -0.484 e. The summed E-state index contributed by atoms with van der Waals surface area (Å²) in [6.45, 7) is 6.41. The molecule has 0 N–H and O–H groups in total. The summed E-state index contributed by atoms with van der Waals surface area (Å²) in [7, 11) is 0. The summed E-state index contributed by atoms with van der Waals surface area (Å²) in [4.78, 5) is 19.2. The number of hydrogen-bond acceptors (Lipinski definition) is 4. The summed E-state index contributed by atoms with van der Waals surface area (Å²) in [5, 5.41) is 1.77. The van der Waals surface area contributed by atoms with Crippen molar-refractivity contribution < 1.29 is 9.53 Å². The van der Waals surface area contributed by atoms with Crippen LogP contribution in [0.4, 0.5) is 0 Å². The van der Waals surface area contributed by atoms with Gasteiger partial charge in [0, 0.05) is 28.9 Å². The van der Waals surface area contributed by atoms with Crippen molar-refractivity contribution in [3.8, 4) is 5.75 Å². The lowest BCUT2D eigenvalue weighted by Gasteiger charge is -2.38. The van der Waals surface area contributed by atoms with Gasteiger partial charge in [0.2, 0.25) is 0 Å². The summed E-state index contributed by atoms with van der Waals surface area (Å²) in [5.41, 5.74) is 3.10. The van der Waals surface area contributed by atoms with Gasteiger partial charge in [0.15, 0.2) is 5.78 Å². The number of Topliss-reactive ketones (excluding diaryl/α,β-unsaturated/α-hetero) is 1. The van der Waals surface area contributed by atoms with Gasteiger partial charge in [0.25, 0.3) is 0 Å². The Morgan fingerprint density at radius 2 is 1.54 bits per heavy atom. The fraction of sp³-hybridized carbons (Fsp3) is 0.516. The molecular formula is C31H38ClN3O2. The van der Waals surface area contributed by atoms with Crippen LogP contribution in [0.1, 0.15) is 73.5 Å². The molecule has 0 radical (unpaired) electrons. The molecule has 2 saturated heterocycles. The van der Waals surface area contributed by atoms with Crippen LogP contribution in [0.5, 0.6) is 5.75 Å². The Hall–Kier alpha value is -2.34. The second kappa shape index (κ2) is 11.2. The monoisotopic (exact) mass is 519 g/mol. The van der Waals surface area contributed by atoms with Gasteiger partial charge in [-0.25, -0.2) is 0 Å². The van der Waals surface area contributed by atoms with Gasteiger partial charge in [-0.2, -0.15) is 0 Å². The summed E-state index contributed by atoms with van der Waals surface area (Å²) < 4.78 is 9.11. The zero-order valence-electron chi connectivity index (χ0n) is 21.7. The molecule has 5 nitrogen and oxygen atoms in total. The first kappa shape index (κ1) is 25.0. The standard InChI is InChI=1S/C31H38ClN3O2/c32-23-12-14-24(15-13-23)37-28-22-27(34-19-7-2-8-20-34)31(36)29-25-10-3-4-11-26(25)35(30(28)29)21-9-18-33-16-5-1-6-17-33/h3-4,10-15,27-28H,1-2,5-9,16-22H2/t27?,28-/m1/s1. The molecule has 0 spiro atoms.